The van der Waals surface area contributed by atoms with Crippen molar-refractivity contribution >= 4 is 17.4 Å². The highest BCUT2D eigenvalue weighted by molar-refractivity contribution is 7.11. The van der Waals surface area contributed by atoms with Gasteiger partial charge in [0.25, 0.3) is 0 Å². The molecule has 0 aliphatic carbocycles. The van der Waals surface area contributed by atoms with E-state index in [0.717, 1.165) is 15.6 Å². The summed E-state index contributed by atoms with van der Waals surface area (Å²) < 4.78 is 5.14. The summed E-state index contributed by atoms with van der Waals surface area (Å²) in [4.78, 5) is 17.0. The van der Waals surface area contributed by atoms with Crippen molar-refractivity contribution in [2.24, 2.45) is 5.73 Å². The molecule has 1 rings (SSSR count). The van der Waals surface area contributed by atoms with Crippen molar-refractivity contribution in [3.63, 3.8) is 0 Å². The number of ether oxygens (including phenoxy) is 1. The monoisotopic (exact) mass is 271 g/mol. The van der Waals surface area contributed by atoms with E-state index in [1.54, 1.807) is 11.3 Å². The van der Waals surface area contributed by atoms with Crippen LogP contribution in [0.3, 0.4) is 0 Å². The maximum Gasteiger partial charge on any atom is 0.407 e. The highest BCUT2D eigenvalue weighted by atomic mass is 32.1. The molecule has 0 saturated carbocycles. The number of aromatic nitrogens is 1. The lowest BCUT2D eigenvalue weighted by Crippen LogP contribution is -2.33. The minimum atomic E-state index is -0.464. The number of hydrogen-bond acceptors (Lipinski definition) is 5. The minimum Gasteiger partial charge on any atom is -0.444 e. The minimum absolute atomic E-state index is 0.394. The van der Waals surface area contributed by atoms with Crippen molar-refractivity contribution in [3.8, 4) is 0 Å². The molecule has 5 nitrogen and oxygen atoms in total. The average Bonchev–Trinajstić information content (AvgIpc) is 2.56. The molecule has 1 amide bonds. The molecule has 6 heteroatoms. The van der Waals surface area contributed by atoms with Crippen LogP contribution in [0.2, 0.25) is 0 Å². The molecule has 1 heterocycles. The molecule has 0 saturated heterocycles. The van der Waals surface area contributed by atoms with Crippen LogP contribution in [-0.2, 0) is 17.7 Å². The molecule has 102 valence electrons. The fraction of sp³-hybridized carbons (Fsp3) is 0.667. The first-order valence-corrected chi connectivity index (χ1v) is 6.75. The molecular weight excluding hydrogens is 250 g/mol. The van der Waals surface area contributed by atoms with E-state index in [0.29, 0.717) is 19.5 Å². The molecule has 0 aliphatic heterocycles. The standard InChI is InChI=1S/C12H21N3O2S/c1-8-9(7-13)15-10(18-8)5-6-14-11(16)17-12(2,3)4/h5-7,13H2,1-4H3,(H,14,16). The molecular formula is C12H21N3O2S. The second kappa shape index (κ2) is 6.15. The number of rotatable bonds is 4. The summed E-state index contributed by atoms with van der Waals surface area (Å²) in [6.45, 7) is 8.50. The SMILES string of the molecule is Cc1sc(CCNC(=O)OC(C)(C)C)nc1CN. The Labute approximate surface area is 112 Å². The van der Waals surface area contributed by atoms with Gasteiger partial charge < -0.3 is 15.8 Å². The summed E-state index contributed by atoms with van der Waals surface area (Å²) in [5, 5.41) is 3.70. The molecule has 0 bridgehead atoms. The summed E-state index contributed by atoms with van der Waals surface area (Å²) in [6.07, 6.45) is 0.305. The fourth-order valence-corrected chi connectivity index (χ4v) is 2.33. The van der Waals surface area contributed by atoms with Crippen molar-refractivity contribution in [2.75, 3.05) is 6.54 Å². The Morgan fingerprint density at radius 3 is 2.67 bits per heavy atom. The summed E-state index contributed by atoms with van der Waals surface area (Å²) >= 11 is 1.62. The van der Waals surface area contributed by atoms with Crippen LogP contribution in [0.15, 0.2) is 0 Å². The molecule has 1 aromatic rings. The van der Waals surface area contributed by atoms with E-state index >= 15 is 0 Å². The predicted octanol–water partition coefficient (Wildman–Crippen LogP) is 1.98. The topological polar surface area (TPSA) is 77.2 Å². The lowest BCUT2D eigenvalue weighted by Gasteiger charge is -2.19. The van der Waals surface area contributed by atoms with E-state index in [2.05, 4.69) is 10.3 Å². The molecule has 0 fully saturated rings. The normalized spacial score (nSPS) is 11.4. The number of hydrogen-bond donors (Lipinski definition) is 2. The van der Waals surface area contributed by atoms with Crippen LogP contribution in [0.5, 0.6) is 0 Å². The van der Waals surface area contributed by atoms with Crippen LogP contribution in [0, 0.1) is 6.92 Å². The fourth-order valence-electron chi connectivity index (χ4n) is 1.37. The predicted molar refractivity (Wildman–Crippen MR) is 72.7 cm³/mol. The van der Waals surface area contributed by atoms with Crippen LogP contribution >= 0.6 is 11.3 Å². The molecule has 18 heavy (non-hydrogen) atoms. The Kier molecular flexibility index (Phi) is 5.10. The van der Waals surface area contributed by atoms with Crippen LogP contribution in [-0.4, -0.2) is 23.2 Å². The van der Waals surface area contributed by atoms with Gasteiger partial charge in [0.1, 0.15) is 5.60 Å². The molecule has 1 aromatic heterocycles. The van der Waals surface area contributed by atoms with E-state index in [1.165, 1.54) is 0 Å². The van der Waals surface area contributed by atoms with Gasteiger partial charge in [-0.15, -0.1) is 11.3 Å². The summed E-state index contributed by atoms with van der Waals surface area (Å²) in [5.74, 6) is 0. The van der Waals surface area contributed by atoms with Gasteiger partial charge in [0.15, 0.2) is 0 Å². The number of carbonyl (C=O) groups excluding carboxylic acids is 1. The molecule has 0 spiro atoms. The number of nitrogens with one attached hydrogen (secondary N) is 1. The van der Waals surface area contributed by atoms with E-state index in [4.69, 9.17) is 10.5 Å². The largest absolute Gasteiger partial charge is 0.444 e. The maximum absolute atomic E-state index is 11.4. The number of thiazole rings is 1. The molecule has 3 N–H and O–H groups in total. The van der Waals surface area contributed by atoms with Crippen molar-refractivity contribution in [2.45, 2.75) is 46.3 Å². The number of nitrogens with two attached hydrogens (primary N) is 1. The van der Waals surface area contributed by atoms with Crippen LogP contribution in [0.25, 0.3) is 0 Å². The second-order valence-electron chi connectivity index (χ2n) is 4.99. The zero-order valence-electron chi connectivity index (χ0n) is 11.4. The number of amides is 1. The summed E-state index contributed by atoms with van der Waals surface area (Å²) in [7, 11) is 0. The third-order valence-corrected chi connectivity index (χ3v) is 3.21. The van der Waals surface area contributed by atoms with E-state index in [9.17, 15) is 4.79 Å². The lowest BCUT2D eigenvalue weighted by molar-refractivity contribution is 0.0528. The summed E-state index contributed by atoms with van der Waals surface area (Å²) in [6, 6.07) is 0. The van der Waals surface area contributed by atoms with Gasteiger partial charge >= 0.3 is 6.09 Å². The van der Waals surface area contributed by atoms with Gasteiger partial charge in [-0.2, -0.15) is 0 Å². The Balaban J connectivity index is 2.35. The second-order valence-corrected chi connectivity index (χ2v) is 6.28. The van der Waals surface area contributed by atoms with Crippen molar-refractivity contribution in [3.05, 3.63) is 15.6 Å². The first kappa shape index (κ1) is 14.9. The van der Waals surface area contributed by atoms with Gasteiger partial charge in [-0.25, -0.2) is 9.78 Å². The van der Waals surface area contributed by atoms with Gasteiger partial charge in [0.05, 0.1) is 10.7 Å². The highest BCUT2D eigenvalue weighted by Crippen LogP contribution is 2.17. The Morgan fingerprint density at radius 1 is 1.50 bits per heavy atom. The average molecular weight is 271 g/mol. The number of aryl methyl sites for hydroxylation is 1. The molecule has 0 atom stereocenters. The van der Waals surface area contributed by atoms with Crippen molar-refractivity contribution < 1.29 is 9.53 Å². The maximum atomic E-state index is 11.4. The molecule has 0 unspecified atom stereocenters. The van der Waals surface area contributed by atoms with Crippen molar-refractivity contribution in [1.82, 2.24) is 10.3 Å². The zero-order valence-corrected chi connectivity index (χ0v) is 12.2. The third kappa shape index (κ3) is 5.01. The van der Waals surface area contributed by atoms with Gasteiger partial charge in [0.2, 0.25) is 0 Å². The van der Waals surface area contributed by atoms with Crippen molar-refractivity contribution in [1.29, 1.82) is 0 Å². The molecule has 0 aromatic carbocycles. The Bertz CT molecular complexity index is 410. The number of nitrogens with zero attached hydrogens (tertiary/aromatic N) is 1. The quantitative estimate of drug-likeness (QED) is 0.877. The number of alkyl carbamates (subject to hydrolysis) is 1. The third-order valence-electron chi connectivity index (χ3n) is 2.14. The van der Waals surface area contributed by atoms with Crippen LogP contribution in [0.4, 0.5) is 4.79 Å². The van der Waals surface area contributed by atoms with E-state index in [-0.39, 0.29) is 0 Å². The van der Waals surface area contributed by atoms with Crippen LogP contribution < -0.4 is 11.1 Å². The molecule has 0 aliphatic rings. The zero-order chi connectivity index (χ0) is 13.8. The lowest BCUT2D eigenvalue weighted by atomic mass is 10.2. The van der Waals surface area contributed by atoms with Gasteiger partial charge in [0, 0.05) is 24.4 Å². The summed E-state index contributed by atoms with van der Waals surface area (Å²) in [5.41, 5.74) is 6.04. The van der Waals surface area contributed by atoms with Gasteiger partial charge in [-0.3, -0.25) is 0 Å². The highest BCUT2D eigenvalue weighted by Gasteiger charge is 2.15. The Hall–Kier alpha value is -1.14. The first-order chi connectivity index (χ1) is 8.31. The van der Waals surface area contributed by atoms with E-state index in [1.807, 2.05) is 27.7 Å². The van der Waals surface area contributed by atoms with Crippen LogP contribution in [0.1, 0.15) is 36.3 Å². The Morgan fingerprint density at radius 2 is 2.17 bits per heavy atom. The van der Waals surface area contributed by atoms with Gasteiger partial charge in [-0.1, -0.05) is 0 Å². The first-order valence-electron chi connectivity index (χ1n) is 5.94. The number of carbonyl (C=O) groups is 1. The van der Waals surface area contributed by atoms with E-state index < -0.39 is 11.7 Å². The molecule has 0 radical (unpaired) electrons. The smallest absolute Gasteiger partial charge is 0.407 e. The van der Waals surface area contributed by atoms with Gasteiger partial charge in [-0.05, 0) is 27.7 Å².